The summed E-state index contributed by atoms with van der Waals surface area (Å²) >= 11 is 2.00. The minimum atomic E-state index is -5.01. The monoisotopic (exact) mass is 579 g/mol. The molecule has 1 aliphatic heterocycles. The molecule has 0 unspecified atom stereocenters. The summed E-state index contributed by atoms with van der Waals surface area (Å²) in [5, 5.41) is 3.11. The normalized spacial score (nSPS) is 15.2. The zero-order chi connectivity index (χ0) is 24.1. The number of alkyl halides is 6. The molecule has 0 saturated carbocycles. The third kappa shape index (κ3) is 4.61. The lowest BCUT2D eigenvalue weighted by Gasteiger charge is -2.11. The second-order valence-electron chi connectivity index (χ2n) is 7.16. The quantitative estimate of drug-likeness (QED) is 0.213. The van der Waals surface area contributed by atoms with Gasteiger partial charge in [-0.3, -0.25) is 4.68 Å². The Morgan fingerprint density at radius 3 is 2.42 bits per heavy atom. The average Bonchev–Trinajstić information content (AvgIpc) is 3.26. The molecular weight excluding hydrogens is 567 g/mol. The van der Waals surface area contributed by atoms with Gasteiger partial charge in [0.05, 0.1) is 23.4 Å². The van der Waals surface area contributed by atoms with Crippen LogP contribution in [0.2, 0.25) is 0 Å². The molecule has 3 aromatic rings. The first kappa shape index (κ1) is 23.3. The summed E-state index contributed by atoms with van der Waals surface area (Å²) in [4.78, 5) is 16.5. The van der Waals surface area contributed by atoms with Crippen molar-refractivity contribution in [2.24, 2.45) is 4.99 Å². The van der Waals surface area contributed by atoms with Gasteiger partial charge in [-0.1, -0.05) is 18.2 Å². The van der Waals surface area contributed by atoms with Crippen LogP contribution < -0.4 is 0 Å². The summed E-state index contributed by atoms with van der Waals surface area (Å²) < 4.78 is 84.5. The largest absolute Gasteiger partial charge is 0.435 e. The maximum Gasteiger partial charge on any atom is 0.435 e. The lowest BCUT2D eigenvalue weighted by atomic mass is 10.1. The van der Waals surface area contributed by atoms with E-state index >= 15 is 0 Å². The number of cyclic esters (lactones) is 1. The number of carbonyl (C=O) groups excluding carboxylic acids is 1. The first-order chi connectivity index (χ1) is 15.3. The number of fused-ring (bicyclic) bond motifs is 1. The summed E-state index contributed by atoms with van der Waals surface area (Å²) in [7, 11) is 0. The molecule has 4 rings (SSSR count). The molecule has 2 aromatic carbocycles. The van der Waals surface area contributed by atoms with Gasteiger partial charge in [0.2, 0.25) is 5.90 Å². The van der Waals surface area contributed by atoms with Crippen LogP contribution in [0.4, 0.5) is 32.0 Å². The number of nitrogens with zero attached hydrogens (tertiary/aromatic N) is 3. The van der Waals surface area contributed by atoms with Crippen LogP contribution in [0.15, 0.2) is 47.5 Å². The Morgan fingerprint density at radius 1 is 1.06 bits per heavy atom. The third-order valence-electron chi connectivity index (χ3n) is 4.81. The molecule has 0 spiro atoms. The van der Waals surface area contributed by atoms with Gasteiger partial charge < -0.3 is 4.74 Å². The number of rotatable bonds is 3. The number of benzene rings is 2. The Hall–Kier alpha value is -2.90. The topological polar surface area (TPSA) is 56.5 Å². The second-order valence-corrected chi connectivity index (χ2v) is 8.32. The van der Waals surface area contributed by atoms with Crippen LogP contribution >= 0.6 is 22.6 Å². The van der Waals surface area contributed by atoms with E-state index in [9.17, 15) is 31.1 Å². The molecule has 0 fully saturated rings. The molecular formula is C21H12F6IN3O2. The van der Waals surface area contributed by atoms with Gasteiger partial charge in [0.15, 0.2) is 5.69 Å². The number of aryl methyl sites for hydroxylation is 1. The van der Waals surface area contributed by atoms with Gasteiger partial charge in [-0.2, -0.15) is 31.4 Å². The number of halogens is 7. The van der Waals surface area contributed by atoms with Crippen molar-refractivity contribution in [3.05, 3.63) is 79.7 Å². The van der Waals surface area contributed by atoms with E-state index in [1.165, 1.54) is 18.2 Å². The van der Waals surface area contributed by atoms with Crippen molar-refractivity contribution < 1.29 is 35.9 Å². The van der Waals surface area contributed by atoms with Gasteiger partial charge in [-0.15, -0.1) is 0 Å². The van der Waals surface area contributed by atoms with E-state index < -0.39 is 36.3 Å². The van der Waals surface area contributed by atoms with Gasteiger partial charge in [0.25, 0.3) is 0 Å². The molecule has 0 radical (unpaired) electrons. The fourth-order valence-electron chi connectivity index (χ4n) is 3.31. The fraction of sp³-hybridized carbons (Fsp3) is 0.190. The molecule has 0 bridgehead atoms. The molecule has 0 amide bonds. The smallest absolute Gasteiger partial charge is 0.403 e. The van der Waals surface area contributed by atoms with Crippen molar-refractivity contribution in [2.75, 3.05) is 0 Å². The average molecular weight is 579 g/mol. The molecule has 33 heavy (non-hydrogen) atoms. The van der Waals surface area contributed by atoms with Crippen LogP contribution in [0, 0.1) is 10.5 Å². The molecule has 1 aliphatic rings. The molecule has 2 heterocycles. The first-order valence-corrected chi connectivity index (χ1v) is 10.3. The lowest BCUT2D eigenvalue weighted by molar-refractivity contribution is -0.144. The highest BCUT2D eigenvalue weighted by molar-refractivity contribution is 14.1. The Kier molecular flexibility index (Phi) is 5.75. The minimum Gasteiger partial charge on any atom is -0.403 e. The fourth-order valence-corrected chi connectivity index (χ4v) is 4.03. The van der Waals surface area contributed by atoms with E-state index in [0.29, 0.717) is 25.9 Å². The first-order valence-electron chi connectivity index (χ1n) is 9.26. The van der Waals surface area contributed by atoms with E-state index in [2.05, 4.69) is 10.1 Å². The number of aromatic nitrogens is 2. The Bertz CT molecular complexity index is 1290. The molecule has 12 heteroatoms. The summed E-state index contributed by atoms with van der Waals surface area (Å²) in [6, 6.07) is 9.55. The summed E-state index contributed by atoms with van der Waals surface area (Å²) in [6.07, 6.45) is -10.0. The Morgan fingerprint density at radius 2 is 1.79 bits per heavy atom. The highest BCUT2D eigenvalue weighted by Crippen LogP contribution is 2.36. The zero-order valence-electron chi connectivity index (χ0n) is 16.6. The molecule has 0 N–H and O–H groups in total. The van der Waals surface area contributed by atoms with Crippen LogP contribution in [-0.2, 0) is 23.6 Å². The molecule has 1 aromatic heterocycles. The van der Waals surface area contributed by atoms with E-state index in [1.807, 2.05) is 22.6 Å². The predicted molar refractivity (Wildman–Crippen MR) is 113 cm³/mol. The number of ether oxygens (including phenoxy) is 1. The van der Waals surface area contributed by atoms with E-state index in [0.717, 1.165) is 0 Å². The van der Waals surface area contributed by atoms with E-state index in [4.69, 9.17) is 4.74 Å². The molecule has 0 atom stereocenters. The summed E-state index contributed by atoms with van der Waals surface area (Å²) in [5.74, 6) is -0.451. The predicted octanol–water partition coefficient (Wildman–Crippen LogP) is 6.13. The number of hydrogen-bond acceptors (Lipinski definition) is 4. The SMILES string of the molecule is Cc1cc(Cn2nc(C(F)(F)F)cc2C(F)(F)F)ccc1N=C1OC(=O)c2c(I)cccc21. The molecule has 0 aliphatic carbocycles. The van der Waals surface area contributed by atoms with Crippen molar-refractivity contribution in [3.63, 3.8) is 0 Å². The van der Waals surface area contributed by atoms with Crippen LogP contribution in [0.5, 0.6) is 0 Å². The Balaban J connectivity index is 1.66. The molecule has 5 nitrogen and oxygen atoms in total. The highest BCUT2D eigenvalue weighted by atomic mass is 127. The maximum absolute atomic E-state index is 13.2. The van der Waals surface area contributed by atoms with Crippen LogP contribution in [0.1, 0.15) is 38.4 Å². The van der Waals surface area contributed by atoms with E-state index in [-0.39, 0.29) is 22.2 Å². The van der Waals surface area contributed by atoms with Gasteiger partial charge in [-0.25, -0.2) is 9.79 Å². The lowest BCUT2D eigenvalue weighted by Crippen LogP contribution is -2.15. The number of carbonyl (C=O) groups is 1. The summed E-state index contributed by atoms with van der Waals surface area (Å²) in [5.41, 5.74) is -1.01. The summed E-state index contributed by atoms with van der Waals surface area (Å²) in [6.45, 7) is 1.10. The van der Waals surface area contributed by atoms with Gasteiger partial charge >= 0.3 is 18.3 Å². The zero-order valence-corrected chi connectivity index (χ0v) is 18.7. The third-order valence-corrected chi connectivity index (χ3v) is 5.71. The van der Waals surface area contributed by atoms with Crippen LogP contribution in [0.3, 0.4) is 0 Å². The van der Waals surface area contributed by atoms with Gasteiger partial charge in [-0.05, 0) is 58.8 Å². The van der Waals surface area contributed by atoms with Gasteiger partial charge in [0, 0.05) is 9.64 Å². The van der Waals surface area contributed by atoms with Crippen LogP contribution in [0.25, 0.3) is 0 Å². The second kappa shape index (κ2) is 8.15. The highest BCUT2D eigenvalue weighted by Gasteiger charge is 2.41. The number of aliphatic imine (C=N–C) groups is 1. The number of esters is 1. The molecule has 0 saturated heterocycles. The van der Waals surface area contributed by atoms with Crippen molar-refractivity contribution in [1.29, 1.82) is 0 Å². The standard InChI is InChI=1S/C21H12F6IN3O2/c1-10-7-11(9-31-16(21(25,26)27)8-15(30-31)20(22,23)24)5-6-14(10)29-18-12-3-2-4-13(28)17(12)19(32)33-18/h2-8H,9H2,1H3. The minimum absolute atomic E-state index is 0.0134. The van der Waals surface area contributed by atoms with Gasteiger partial charge in [0.1, 0.15) is 5.69 Å². The maximum atomic E-state index is 13.2. The van der Waals surface area contributed by atoms with Crippen molar-refractivity contribution in [3.8, 4) is 0 Å². The van der Waals surface area contributed by atoms with E-state index in [1.54, 1.807) is 25.1 Å². The Labute approximate surface area is 196 Å². The number of hydrogen-bond donors (Lipinski definition) is 0. The van der Waals surface area contributed by atoms with Crippen molar-refractivity contribution in [1.82, 2.24) is 9.78 Å². The van der Waals surface area contributed by atoms with Crippen LogP contribution in [-0.4, -0.2) is 21.6 Å². The van der Waals surface area contributed by atoms with Crippen molar-refractivity contribution >= 4 is 40.1 Å². The molecule has 172 valence electrons. The van der Waals surface area contributed by atoms with Crippen molar-refractivity contribution in [2.45, 2.75) is 25.8 Å².